The van der Waals surface area contributed by atoms with Crippen LogP contribution in [0.25, 0.3) is 10.8 Å². The monoisotopic (exact) mass is 266 g/mol. The Labute approximate surface area is 120 Å². The van der Waals surface area contributed by atoms with Gasteiger partial charge in [0.15, 0.2) is 0 Å². The van der Waals surface area contributed by atoms with E-state index in [0.29, 0.717) is 5.41 Å². The fraction of sp³-hybridized carbons (Fsp3) is 0.500. The number of pyridine rings is 1. The van der Waals surface area contributed by atoms with Gasteiger partial charge < -0.3 is 4.90 Å². The molecule has 0 amide bonds. The zero-order chi connectivity index (χ0) is 13.9. The minimum absolute atomic E-state index is 0.470. The van der Waals surface area contributed by atoms with Gasteiger partial charge in [-0.1, -0.05) is 45.0 Å². The molecular weight excluding hydrogens is 244 g/mol. The average Bonchev–Trinajstić information content (AvgIpc) is 2.96. The molecule has 1 aromatic heterocycles. The summed E-state index contributed by atoms with van der Waals surface area (Å²) in [5, 5.41) is 2.53. The van der Waals surface area contributed by atoms with Crippen LogP contribution in [0.5, 0.6) is 0 Å². The number of rotatable bonds is 1. The molecule has 2 unspecified atom stereocenters. The number of anilines is 1. The lowest BCUT2D eigenvalue weighted by Crippen LogP contribution is -2.28. The highest BCUT2D eigenvalue weighted by Crippen LogP contribution is 2.60. The Kier molecular flexibility index (Phi) is 2.42. The summed E-state index contributed by atoms with van der Waals surface area (Å²) < 4.78 is 0. The number of aromatic nitrogens is 1. The molecule has 2 nitrogen and oxygen atoms in total. The Morgan fingerprint density at radius 2 is 1.70 bits per heavy atom. The largest absolute Gasteiger partial charge is 0.356 e. The first-order valence-electron chi connectivity index (χ1n) is 7.64. The lowest BCUT2D eigenvalue weighted by molar-refractivity contribution is 0.309. The van der Waals surface area contributed by atoms with Gasteiger partial charge in [-0.3, -0.25) is 0 Å². The van der Waals surface area contributed by atoms with Crippen molar-refractivity contribution in [2.75, 3.05) is 18.0 Å². The molecule has 2 atom stereocenters. The van der Waals surface area contributed by atoms with Crippen molar-refractivity contribution in [3.8, 4) is 0 Å². The SMILES string of the molecule is CC(C)(C)C1C2CN(c3cc4ccccc4cn3)CC21. The molecule has 0 radical (unpaired) electrons. The third-order valence-corrected chi connectivity index (χ3v) is 5.13. The normalized spacial score (nSPS) is 28.8. The summed E-state index contributed by atoms with van der Waals surface area (Å²) in [6.45, 7) is 9.54. The number of hydrogen-bond acceptors (Lipinski definition) is 2. The molecule has 2 heteroatoms. The smallest absolute Gasteiger partial charge is 0.129 e. The second-order valence-corrected chi connectivity index (χ2v) is 7.51. The number of fused-ring (bicyclic) bond motifs is 2. The van der Waals surface area contributed by atoms with Gasteiger partial charge in [0.1, 0.15) is 5.82 Å². The van der Waals surface area contributed by atoms with Crippen LogP contribution in [-0.4, -0.2) is 18.1 Å². The Bertz CT molecular complexity index is 644. The molecule has 2 fully saturated rings. The van der Waals surface area contributed by atoms with Crippen LogP contribution in [0.4, 0.5) is 5.82 Å². The van der Waals surface area contributed by atoms with Crippen molar-refractivity contribution in [2.45, 2.75) is 20.8 Å². The van der Waals surface area contributed by atoms with Crippen molar-refractivity contribution in [1.82, 2.24) is 4.98 Å². The van der Waals surface area contributed by atoms with Crippen LogP contribution < -0.4 is 4.90 Å². The maximum atomic E-state index is 4.66. The van der Waals surface area contributed by atoms with Crippen LogP contribution in [0.3, 0.4) is 0 Å². The first-order chi connectivity index (χ1) is 9.54. The van der Waals surface area contributed by atoms with Gasteiger partial charge in [-0.05, 0) is 34.6 Å². The van der Waals surface area contributed by atoms with Gasteiger partial charge >= 0.3 is 0 Å². The summed E-state index contributed by atoms with van der Waals surface area (Å²) in [6, 6.07) is 10.7. The molecule has 1 aromatic carbocycles. The molecule has 1 saturated heterocycles. The Hall–Kier alpha value is -1.57. The molecule has 20 heavy (non-hydrogen) atoms. The standard InChI is InChI=1S/C18H22N2/c1-18(2,3)17-14-10-20(11-15(14)17)16-8-12-6-4-5-7-13(12)9-19-16/h4-9,14-15,17H,10-11H2,1-3H3. The van der Waals surface area contributed by atoms with Crippen molar-refractivity contribution in [3.63, 3.8) is 0 Å². The molecular formula is C18H22N2. The molecule has 2 heterocycles. The predicted octanol–water partition coefficient (Wildman–Crippen LogP) is 3.96. The van der Waals surface area contributed by atoms with Crippen LogP contribution in [-0.2, 0) is 0 Å². The highest BCUT2D eigenvalue weighted by atomic mass is 15.2. The highest BCUT2D eigenvalue weighted by Gasteiger charge is 2.59. The van der Waals surface area contributed by atoms with Gasteiger partial charge in [0.2, 0.25) is 0 Å². The fourth-order valence-corrected chi connectivity index (χ4v) is 4.24. The third kappa shape index (κ3) is 1.81. The van der Waals surface area contributed by atoms with E-state index in [1.807, 2.05) is 6.20 Å². The van der Waals surface area contributed by atoms with Crippen LogP contribution in [0, 0.1) is 23.2 Å². The summed E-state index contributed by atoms with van der Waals surface area (Å²) in [5.41, 5.74) is 0.470. The lowest BCUT2D eigenvalue weighted by Gasteiger charge is -2.26. The topological polar surface area (TPSA) is 16.1 Å². The van der Waals surface area contributed by atoms with E-state index in [1.54, 1.807) is 0 Å². The fourth-order valence-electron chi connectivity index (χ4n) is 4.24. The van der Waals surface area contributed by atoms with Crippen molar-refractivity contribution in [3.05, 3.63) is 36.5 Å². The van der Waals surface area contributed by atoms with E-state index in [0.717, 1.165) is 23.6 Å². The van der Waals surface area contributed by atoms with E-state index < -0.39 is 0 Å². The van der Waals surface area contributed by atoms with E-state index in [2.05, 4.69) is 61.0 Å². The number of hydrogen-bond donors (Lipinski definition) is 0. The maximum Gasteiger partial charge on any atom is 0.129 e. The Morgan fingerprint density at radius 1 is 1.05 bits per heavy atom. The van der Waals surface area contributed by atoms with Crippen LogP contribution in [0.2, 0.25) is 0 Å². The summed E-state index contributed by atoms with van der Waals surface area (Å²) in [7, 11) is 0. The number of nitrogens with zero attached hydrogens (tertiary/aromatic N) is 2. The highest BCUT2D eigenvalue weighted by molar-refractivity contribution is 5.84. The summed E-state index contributed by atoms with van der Waals surface area (Å²) in [6.07, 6.45) is 2.01. The zero-order valence-electron chi connectivity index (χ0n) is 12.5. The van der Waals surface area contributed by atoms with Gasteiger partial charge in [0.05, 0.1) is 0 Å². The van der Waals surface area contributed by atoms with E-state index in [1.165, 1.54) is 23.9 Å². The molecule has 4 rings (SSSR count). The average molecular weight is 266 g/mol. The molecule has 1 aliphatic heterocycles. The molecule has 2 aromatic rings. The minimum Gasteiger partial charge on any atom is -0.356 e. The summed E-state index contributed by atoms with van der Waals surface area (Å²) in [4.78, 5) is 7.13. The van der Waals surface area contributed by atoms with Gasteiger partial charge in [0, 0.05) is 24.7 Å². The van der Waals surface area contributed by atoms with Crippen molar-refractivity contribution in [2.24, 2.45) is 23.2 Å². The first kappa shape index (κ1) is 12.2. The molecule has 0 N–H and O–H groups in total. The number of benzene rings is 1. The summed E-state index contributed by atoms with van der Waals surface area (Å²) >= 11 is 0. The molecule has 1 aliphatic carbocycles. The van der Waals surface area contributed by atoms with E-state index in [4.69, 9.17) is 0 Å². The predicted molar refractivity (Wildman–Crippen MR) is 83.9 cm³/mol. The second-order valence-electron chi connectivity index (χ2n) is 7.51. The molecule has 2 aliphatic rings. The van der Waals surface area contributed by atoms with E-state index in [9.17, 15) is 0 Å². The van der Waals surface area contributed by atoms with Gasteiger partial charge in [-0.15, -0.1) is 0 Å². The Morgan fingerprint density at radius 3 is 2.35 bits per heavy atom. The van der Waals surface area contributed by atoms with Crippen LogP contribution in [0.15, 0.2) is 36.5 Å². The molecule has 0 spiro atoms. The van der Waals surface area contributed by atoms with Crippen molar-refractivity contribution < 1.29 is 0 Å². The number of piperidine rings is 1. The van der Waals surface area contributed by atoms with Crippen molar-refractivity contribution >= 4 is 16.6 Å². The molecule has 104 valence electrons. The Balaban J connectivity index is 1.55. The third-order valence-electron chi connectivity index (χ3n) is 5.13. The van der Waals surface area contributed by atoms with Gasteiger partial charge in [-0.2, -0.15) is 0 Å². The van der Waals surface area contributed by atoms with Gasteiger partial charge in [0.25, 0.3) is 0 Å². The minimum atomic E-state index is 0.470. The van der Waals surface area contributed by atoms with Crippen LogP contribution in [0.1, 0.15) is 20.8 Å². The summed E-state index contributed by atoms with van der Waals surface area (Å²) in [5.74, 6) is 3.86. The van der Waals surface area contributed by atoms with E-state index in [-0.39, 0.29) is 0 Å². The first-order valence-corrected chi connectivity index (χ1v) is 7.64. The van der Waals surface area contributed by atoms with E-state index >= 15 is 0 Å². The second kappa shape index (κ2) is 3.97. The molecule has 0 bridgehead atoms. The quantitative estimate of drug-likeness (QED) is 0.776. The van der Waals surface area contributed by atoms with Crippen LogP contribution >= 0.6 is 0 Å². The maximum absolute atomic E-state index is 4.66. The lowest BCUT2D eigenvalue weighted by atomic mass is 9.87. The molecule has 1 saturated carbocycles. The zero-order valence-corrected chi connectivity index (χ0v) is 12.5. The van der Waals surface area contributed by atoms with Crippen molar-refractivity contribution in [1.29, 1.82) is 0 Å². The van der Waals surface area contributed by atoms with Gasteiger partial charge in [-0.25, -0.2) is 4.98 Å².